The normalized spacial score (nSPS) is 9.50. The summed E-state index contributed by atoms with van der Waals surface area (Å²) in [5.74, 6) is 1.49. The van der Waals surface area contributed by atoms with Gasteiger partial charge in [-0.3, -0.25) is 4.98 Å². The summed E-state index contributed by atoms with van der Waals surface area (Å²) in [6.07, 6.45) is 6.47. The summed E-state index contributed by atoms with van der Waals surface area (Å²) in [4.78, 5) is 12.1. The molecular weight excluding hydrogens is 228 g/mol. The molecule has 18 heavy (non-hydrogen) atoms. The number of nitrogens with zero attached hydrogens (tertiary/aromatic N) is 4. The highest BCUT2D eigenvalue weighted by atomic mass is 15.0. The molecule has 0 bridgehead atoms. The molecule has 2 heterocycles. The summed E-state index contributed by atoms with van der Waals surface area (Å²) < 4.78 is 0. The zero-order valence-electron chi connectivity index (χ0n) is 9.67. The molecule has 2 aromatic heterocycles. The quantitative estimate of drug-likeness (QED) is 0.765. The van der Waals surface area contributed by atoms with Crippen molar-refractivity contribution in [3.05, 3.63) is 42.5 Å². The minimum absolute atomic E-state index is 0.554. The molecule has 2 N–H and O–H groups in total. The standard InChI is InChI=1S/C12H12N6/c13-7-10-1-2-11(18-8-10)15-5-6-17-12-9-14-3-4-16-12/h1-4,8-9H,5-6H2,(H,15,18)(H,16,17). The van der Waals surface area contributed by atoms with Crippen LogP contribution in [0.25, 0.3) is 0 Å². The lowest BCUT2D eigenvalue weighted by Crippen LogP contribution is -2.14. The fourth-order valence-corrected chi connectivity index (χ4v) is 1.34. The van der Waals surface area contributed by atoms with Crippen molar-refractivity contribution in [1.82, 2.24) is 15.0 Å². The molecular formula is C12H12N6. The lowest BCUT2D eigenvalue weighted by molar-refractivity contribution is 1.03. The number of rotatable bonds is 5. The highest BCUT2D eigenvalue weighted by Gasteiger charge is 1.95. The second kappa shape index (κ2) is 6.15. The van der Waals surface area contributed by atoms with E-state index >= 15 is 0 Å². The first kappa shape index (κ1) is 11.8. The van der Waals surface area contributed by atoms with Gasteiger partial charge in [0, 0.05) is 31.7 Å². The van der Waals surface area contributed by atoms with E-state index in [4.69, 9.17) is 5.26 Å². The number of aromatic nitrogens is 3. The topological polar surface area (TPSA) is 86.5 Å². The zero-order chi connectivity index (χ0) is 12.6. The number of hydrogen-bond acceptors (Lipinski definition) is 6. The molecule has 0 unspecified atom stereocenters. The van der Waals surface area contributed by atoms with E-state index in [9.17, 15) is 0 Å². The average molecular weight is 240 g/mol. The predicted octanol–water partition coefficient (Wildman–Crippen LogP) is 1.27. The number of pyridine rings is 1. The van der Waals surface area contributed by atoms with E-state index in [1.807, 2.05) is 6.07 Å². The fraction of sp³-hybridized carbons (Fsp3) is 0.167. The Morgan fingerprint density at radius 2 is 1.83 bits per heavy atom. The zero-order valence-corrected chi connectivity index (χ0v) is 9.67. The number of hydrogen-bond donors (Lipinski definition) is 2. The van der Waals surface area contributed by atoms with Gasteiger partial charge in [-0.05, 0) is 12.1 Å². The van der Waals surface area contributed by atoms with E-state index < -0.39 is 0 Å². The van der Waals surface area contributed by atoms with Crippen molar-refractivity contribution in [2.75, 3.05) is 23.7 Å². The molecule has 2 rings (SSSR count). The van der Waals surface area contributed by atoms with Crippen molar-refractivity contribution >= 4 is 11.6 Å². The Labute approximate surface area is 105 Å². The third-order valence-corrected chi connectivity index (χ3v) is 2.19. The van der Waals surface area contributed by atoms with Crippen molar-refractivity contribution in [3.63, 3.8) is 0 Å². The van der Waals surface area contributed by atoms with Gasteiger partial charge < -0.3 is 10.6 Å². The molecule has 0 fully saturated rings. The van der Waals surface area contributed by atoms with Crippen molar-refractivity contribution < 1.29 is 0 Å². The highest BCUT2D eigenvalue weighted by Crippen LogP contribution is 2.03. The number of nitriles is 1. The second-order valence-corrected chi connectivity index (χ2v) is 3.49. The molecule has 0 aliphatic carbocycles. The van der Waals surface area contributed by atoms with Gasteiger partial charge in [0.2, 0.25) is 0 Å². The molecule has 0 saturated heterocycles. The van der Waals surface area contributed by atoms with Gasteiger partial charge >= 0.3 is 0 Å². The molecule has 0 aromatic carbocycles. The van der Waals surface area contributed by atoms with Gasteiger partial charge in [-0.1, -0.05) is 0 Å². The maximum atomic E-state index is 8.64. The van der Waals surface area contributed by atoms with Gasteiger partial charge in [0.05, 0.1) is 11.8 Å². The maximum Gasteiger partial charge on any atom is 0.144 e. The van der Waals surface area contributed by atoms with E-state index in [2.05, 4.69) is 25.6 Å². The lowest BCUT2D eigenvalue weighted by Gasteiger charge is -2.06. The van der Waals surface area contributed by atoms with Crippen LogP contribution in [0.3, 0.4) is 0 Å². The third-order valence-electron chi connectivity index (χ3n) is 2.19. The minimum Gasteiger partial charge on any atom is -0.368 e. The first-order chi connectivity index (χ1) is 8.88. The fourth-order valence-electron chi connectivity index (χ4n) is 1.34. The van der Waals surface area contributed by atoms with Gasteiger partial charge in [0.15, 0.2) is 0 Å². The Hall–Kier alpha value is -2.68. The van der Waals surface area contributed by atoms with Gasteiger partial charge in [-0.25, -0.2) is 9.97 Å². The molecule has 0 saturated carbocycles. The van der Waals surface area contributed by atoms with Crippen molar-refractivity contribution in [2.45, 2.75) is 0 Å². The molecule has 0 radical (unpaired) electrons. The molecule has 0 aliphatic heterocycles. The van der Waals surface area contributed by atoms with Crippen LogP contribution < -0.4 is 10.6 Å². The Balaban J connectivity index is 1.74. The van der Waals surface area contributed by atoms with E-state index in [0.717, 1.165) is 11.6 Å². The molecule has 90 valence electrons. The van der Waals surface area contributed by atoms with Crippen LogP contribution in [0.4, 0.5) is 11.6 Å². The van der Waals surface area contributed by atoms with Crippen LogP contribution in [0.15, 0.2) is 36.9 Å². The van der Waals surface area contributed by atoms with Gasteiger partial charge in [0.1, 0.15) is 17.7 Å². The summed E-state index contributed by atoms with van der Waals surface area (Å²) in [5.41, 5.74) is 0.554. The Kier molecular flexibility index (Phi) is 4.03. The SMILES string of the molecule is N#Cc1ccc(NCCNc2cnccn2)nc1. The van der Waals surface area contributed by atoms with Gasteiger partial charge in [-0.15, -0.1) is 0 Å². The molecule has 0 amide bonds. The molecule has 0 atom stereocenters. The van der Waals surface area contributed by atoms with Crippen LogP contribution in [0.5, 0.6) is 0 Å². The molecule has 6 heteroatoms. The van der Waals surface area contributed by atoms with Crippen molar-refractivity contribution in [1.29, 1.82) is 5.26 Å². The Morgan fingerprint density at radius 3 is 2.44 bits per heavy atom. The Morgan fingerprint density at radius 1 is 1.00 bits per heavy atom. The summed E-state index contributed by atoms with van der Waals surface area (Å²) in [7, 11) is 0. The maximum absolute atomic E-state index is 8.64. The summed E-state index contributed by atoms with van der Waals surface area (Å²) >= 11 is 0. The van der Waals surface area contributed by atoms with E-state index in [-0.39, 0.29) is 0 Å². The molecule has 0 aliphatic rings. The monoisotopic (exact) mass is 240 g/mol. The molecule has 2 aromatic rings. The van der Waals surface area contributed by atoms with E-state index in [0.29, 0.717) is 18.7 Å². The van der Waals surface area contributed by atoms with Crippen molar-refractivity contribution in [3.8, 4) is 6.07 Å². The van der Waals surface area contributed by atoms with Crippen LogP contribution in [0.1, 0.15) is 5.56 Å². The highest BCUT2D eigenvalue weighted by molar-refractivity contribution is 5.39. The average Bonchev–Trinajstić information content (AvgIpc) is 2.45. The Bertz CT molecular complexity index is 517. The first-order valence-electron chi connectivity index (χ1n) is 5.48. The molecule has 0 spiro atoms. The van der Waals surface area contributed by atoms with Crippen LogP contribution in [0.2, 0.25) is 0 Å². The second-order valence-electron chi connectivity index (χ2n) is 3.49. The van der Waals surface area contributed by atoms with Crippen molar-refractivity contribution in [2.24, 2.45) is 0 Å². The predicted molar refractivity (Wildman–Crippen MR) is 68.0 cm³/mol. The largest absolute Gasteiger partial charge is 0.368 e. The van der Waals surface area contributed by atoms with Crippen LogP contribution in [-0.4, -0.2) is 28.0 Å². The number of nitrogens with one attached hydrogen (secondary N) is 2. The summed E-state index contributed by atoms with van der Waals surface area (Å²) in [6, 6.07) is 5.53. The lowest BCUT2D eigenvalue weighted by atomic mass is 10.3. The first-order valence-corrected chi connectivity index (χ1v) is 5.48. The van der Waals surface area contributed by atoms with Gasteiger partial charge in [-0.2, -0.15) is 5.26 Å². The number of anilines is 2. The van der Waals surface area contributed by atoms with E-state index in [1.54, 1.807) is 36.9 Å². The molecule has 6 nitrogen and oxygen atoms in total. The third kappa shape index (κ3) is 3.42. The summed E-state index contributed by atoms with van der Waals surface area (Å²) in [5, 5.41) is 14.9. The van der Waals surface area contributed by atoms with Crippen LogP contribution in [-0.2, 0) is 0 Å². The van der Waals surface area contributed by atoms with E-state index in [1.165, 1.54) is 0 Å². The van der Waals surface area contributed by atoms with Gasteiger partial charge in [0.25, 0.3) is 0 Å². The summed E-state index contributed by atoms with van der Waals surface area (Å²) in [6.45, 7) is 1.41. The van der Waals surface area contributed by atoms with Crippen LogP contribution >= 0.6 is 0 Å². The smallest absolute Gasteiger partial charge is 0.144 e. The van der Waals surface area contributed by atoms with Crippen LogP contribution in [0, 0.1) is 11.3 Å². The minimum atomic E-state index is 0.554.